The normalized spacial score (nSPS) is 19.9. The topological polar surface area (TPSA) is 44.8 Å². The van der Waals surface area contributed by atoms with Gasteiger partial charge in [-0.3, -0.25) is 4.79 Å². The lowest BCUT2D eigenvalue weighted by Gasteiger charge is -2.29. The number of hydrogen-bond acceptors (Lipinski definition) is 4. The average Bonchev–Trinajstić information content (AvgIpc) is 2.84. The second-order valence-electron chi connectivity index (χ2n) is 5.66. The van der Waals surface area contributed by atoms with Gasteiger partial charge in [-0.2, -0.15) is 0 Å². The van der Waals surface area contributed by atoms with Gasteiger partial charge in [0.25, 0.3) is 5.91 Å². The van der Waals surface area contributed by atoms with Crippen molar-refractivity contribution in [2.75, 3.05) is 57.4 Å². The second kappa shape index (κ2) is 7.07. The molecule has 2 saturated heterocycles. The molecule has 0 aromatic heterocycles. The molecular weight excluding hydrogens is 285 g/mol. The van der Waals surface area contributed by atoms with E-state index in [2.05, 4.69) is 5.32 Å². The maximum atomic E-state index is 14.4. The predicted octanol–water partition coefficient (Wildman–Crippen LogP) is 1.10. The Bertz CT molecular complexity index is 524. The van der Waals surface area contributed by atoms with Crippen LogP contribution in [0.5, 0.6) is 0 Å². The first-order chi connectivity index (χ1) is 10.8. The molecular formula is C16H22FN3O2. The molecule has 0 aliphatic carbocycles. The number of halogens is 1. The van der Waals surface area contributed by atoms with E-state index in [-0.39, 0.29) is 11.7 Å². The average molecular weight is 307 g/mol. The van der Waals surface area contributed by atoms with E-state index in [1.54, 1.807) is 17.0 Å². The van der Waals surface area contributed by atoms with Crippen LogP contribution in [0.4, 0.5) is 10.1 Å². The molecule has 0 saturated carbocycles. The van der Waals surface area contributed by atoms with Crippen molar-refractivity contribution in [3.05, 3.63) is 29.6 Å². The number of rotatable bonds is 2. The molecule has 0 bridgehead atoms. The maximum absolute atomic E-state index is 14.4. The summed E-state index contributed by atoms with van der Waals surface area (Å²) in [4.78, 5) is 16.2. The van der Waals surface area contributed by atoms with E-state index < -0.39 is 0 Å². The molecule has 0 unspecified atom stereocenters. The lowest BCUT2D eigenvalue weighted by atomic mass is 10.1. The highest BCUT2D eigenvalue weighted by Gasteiger charge is 2.20. The van der Waals surface area contributed by atoms with Crippen molar-refractivity contribution in [2.45, 2.75) is 6.42 Å². The molecule has 120 valence electrons. The number of hydrogen-bond donors (Lipinski definition) is 1. The summed E-state index contributed by atoms with van der Waals surface area (Å²) in [5.41, 5.74) is 0.980. The first-order valence-corrected chi connectivity index (χ1v) is 7.88. The molecule has 2 heterocycles. The SMILES string of the molecule is O=C(c1ccc(N2CCOCC2)c(F)c1)N1CCCNCC1. The van der Waals surface area contributed by atoms with Gasteiger partial charge in [-0.05, 0) is 31.2 Å². The number of amides is 1. The standard InChI is InChI=1S/C16H22FN3O2/c17-14-12-13(16(21)20-6-1-4-18-5-7-20)2-3-15(14)19-8-10-22-11-9-19/h2-3,12,18H,1,4-11H2. The summed E-state index contributed by atoms with van der Waals surface area (Å²) in [6.45, 7) is 5.70. The van der Waals surface area contributed by atoms with E-state index in [9.17, 15) is 9.18 Å². The number of nitrogens with zero attached hydrogens (tertiary/aromatic N) is 2. The Hall–Kier alpha value is -1.66. The molecule has 1 amide bonds. The molecule has 5 nitrogen and oxygen atoms in total. The number of anilines is 1. The summed E-state index contributed by atoms with van der Waals surface area (Å²) in [5.74, 6) is -0.420. The van der Waals surface area contributed by atoms with Crippen molar-refractivity contribution in [1.29, 1.82) is 0 Å². The van der Waals surface area contributed by atoms with E-state index in [1.165, 1.54) is 6.07 Å². The second-order valence-corrected chi connectivity index (χ2v) is 5.66. The van der Waals surface area contributed by atoms with Gasteiger partial charge in [0.2, 0.25) is 0 Å². The Morgan fingerprint density at radius 2 is 1.95 bits per heavy atom. The molecule has 0 spiro atoms. The maximum Gasteiger partial charge on any atom is 0.254 e. The summed E-state index contributed by atoms with van der Waals surface area (Å²) >= 11 is 0. The summed E-state index contributed by atoms with van der Waals surface area (Å²) in [7, 11) is 0. The molecule has 1 aromatic rings. The summed E-state index contributed by atoms with van der Waals surface area (Å²) in [6, 6.07) is 4.81. The first-order valence-electron chi connectivity index (χ1n) is 7.88. The summed E-state index contributed by atoms with van der Waals surface area (Å²) in [5, 5.41) is 3.26. The molecule has 0 atom stereocenters. The van der Waals surface area contributed by atoms with Crippen LogP contribution < -0.4 is 10.2 Å². The Labute approximate surface area is 130 Å². The lowest BCUT2D eigenvalue weighted by Crippen LogP contribution is -2.37. The zero-order valence-electron chi connectivity index (χ0n) is 12.7. The van der Waals surface area contributed by atoms with Gasteiger partial charge in [0, 0.05) is 38.3 Å². The van der Waals surface area contributed by atoms with Crippen molar-refractivity contribution in [3.8, 4) is 0 Å². The molecule has 1 N–H and O–H groups in total. The van der Waals surface area contributed by atoms with E-state index in [4.69, 9.17) is 4.74 Å². The van der Waals surface area contributed by atoms with Crippen LogP contribution in [0.15, 0.2) is 18.2 Å². The Kier molecular flexibility index (Phi) is 4.90. The van der Waals surface area contributed by atoms with Crippen LogP contribution in [0.25, 0.3) is 0 Å². The van der Waals surface area contributed by atoms with Crippen LogP contribution in [-0.4, -0.2) is 63.3 Å². The number of benzene rings is 1. The largest absolute Gasteiger partial charge is 0.378 e. The van der Waals surface area contributed by atoms with Gasteiger partial charge in [0.15, 0.2) is 0 Å². The third-order valence-electron chi connectivity index (χ3n) is 4.17. The highest BCUT2D eigenvalue weighted by atomic mass is 19.1. The quantitative estimate of drug-likeness (QED) is 0.889. The van der Waals surface area contributed by atoms with E-state index in [0.29, 0.717) is 44.1 Å². The number of morpholine rings is 1. The van der Waals surface area contributed by atoms with Crippen LogP contribution in [0.3, 0.4) is 0 Å². The van der Waals surface area contributed by atoms with Crippen LogP contribution in [0.2, 0.25) is 0 Å². The molecule has 2 aliphatic heterocycles. The van der Waals surface area contributed by atoms with Gasteiger partial charge in [-0.25, -0.2) is 4.39 Å². The van der Waals surface area contributed by atoms with Crippen LogP contribution in [-0.2, 0) is 4.74 Å². The van der Waals surface area contributed by atoms with Crippen LogP contribution in [0.1, 0.15) is 16.8 Å². The van der Waals surface area contributed by atoms with Crippen molar-refractivity contribution in [2.24, 2.45) is 0 Å². The Morgan fingerprint density at radius 3 is 2.73 bits per heavy atom. The first kappa shape index (κ1) is 15.2. The van der Waals surface area contributed by atoms with Gasteiger partial charge in [-0.1, -0.05) is 0 Å². The molecule has 1 aromatic carbocycles. The fourth-order valence-corrected chi connectivity index (χ4v) is 2.93. The van der Waals surface area contributed by atoms with Gasteiger partial charge in [0.1, 0.15) is 5.82 Å². The predicted molar refractivity (Wildman–Crippen MR) is 82.8 cm³/mol. The molecule has 2 fully saturated rings. The van der Waals surface area contributed by atoms with E-state index >= 15 is 0 Å². The molecule has 22 heavy (non-hydrogen) atoms. The van der Waals surface area contributed by atoms with Gasteiger partial charge < -0.3 is 19.9 Å². The Morgan fingerprint density at radius 1 is 1.14 bits per heavy atom. The van der Waals surface area contributed by atoms with Crippen LogP contribution in [0, 0.1) is 5.82 Å². The fourth-order valence-electron chi connectivity index (χ4n) is 2.93. The molecule has 3 rings (SSSR count). The number of ether oxygens (including phenoxy) is 1. The van der Waals surface area contributed by atoms with Crippen molar-refractivity contribution < 1.29 is 13.9 Å². The molecule has 2 aliphatic rings. The van der Waals surface area contributed by atoms with Crippen molar-refractivity contribution in [1.82, 2.24) is 10.2 Å². The van der Waals surface area contributed by atoms with Gasteiger partial charge >= 0.3 is 0 Å². The van der Waals surface area contributed by atoms with Gasteiger partial charge in [0.05, 0.1) is 18.9 Å². The van der Waals surface area contributed by atoms with E-state index in [1.807, 2.05) is 4.90 Å². The number of carbonyl (C=O) groups excluding carboxylic acids is 1. The third kappa shape index (κ3) is 3.39. The summed E-state index contributed by atoms with van der Waals surface area (Å²) in [6.07, 6.45) is 0.931. The fraction of sp³-hybridized carbons (Fsp3) is 0.562. The lowest BCUT2D eigenvalue weighted by molar-refractivity contribution is 0.0766. The molecule has 0 radical (unpaired) electrons. The number of nitrogens with one attached hydrogen (secondary N) is 1. The monoisotopic (exact) mass is 307 g/mol. The van der Waals surface area contributed by atoms with Crippen molar-refractivity contribution >= 4 is 11.6 Å². The molecule has 6 heteroatoms. The van der Waals surface area contributed by atoms with E-state index in [0.717, 1.165) is 26.1 Å². The summed E-state index contributed by atoms with van der Waals surface area (Å²) < 4.78 is 19.7. The smallest absolute Gasteiger partial charge is 0.254 e. The zero-order chi connectivity index (χ0) is 15.4. The van der Waals surface area contributed by atoms with Crippen molar-refractivity contribution in [3.63, 3.8) is 0 Å². The highest BCUT2D eigenvalue weighted by molar-refractivity contribution is 5.94. The minimum Gasteiger partial charge on any atom is -0.378 e. The minimum absolute atomic E-state index is 0.0869. The van der Waals surface area contributed by atoms with Crippen LogP contribution >= 0.6 is 0 Å². The van der Waals surface area contributed by atoms with Gasteiger partial charge in [-0.15, -0.1) is 0 Å². The number of carbonyl (C=O) groups is 1. The minimum atomic E-state index is -0.333. The third-order valence-corrected chi connectivity index (χ3v) is 4.17. The zero-order valence-corrected chi connectivity index (χ0v) is 12.7. The Balaban J connectivity index is 1.74. The highest BCUT2D eigenvalue weighted by Crippen LogP contribution is 2.22.